The number of nitrogens with two attached hydrogens (primary N) is 1. The second-order valence-electron chi connectivity index (χ2n) is 4.88. The minimum Gasteiger partial charge on any atom is -0.369 e. The first-order valence-corrected chi connectivity index (χ1v) is 8.58. The molecule has 2 rings (SSSR count). The van der Waals surface area contributed by atoms with Gasteiger partial charge in [0.15, 0.2) is 4.21 Å². The molecule has 20 heavy (non-hydrogen) atoms. The molecule has 1 aromatic heterocycles. The van der Waals surface area contributed by atoms with Gasteiger partial charge < -0.3 is 10.7 Å². The van der Waals surface area contributed by atoms with E-state index in [4.69, 9.17) is 5.73 Å². The molecular weight excluding hydrogens is 302 g/mol. The Hall–Kier alpha value is -1.19. The Balaban J connectivity index is 2.43. The van der Waals surface area contributed by atoms with Gasteiger partial charge in [0, 0.05) is 11.7 Å². The van der Waals surface area contributed by atoms with Crippen LogP contribution in [0.2, 0.25) is 0 Å². The van der Waals surface area contributed by atoms with Crippen LogP contribution in [-0.2, 0) is 14.8 Å². The van der Waals surface area contributed by atoms with E-state index in [1.54, 1.807) is 0 Å². The molecule has 0 saturated heterocycles. The molecular formula is C11H17N3O4S2. The number of nitrogens with one attached hydrogen (secondary N) is 1. The Morgan fingerprint density at radius 1 is 1.45 bits per heavy atom. The zero-order valence-corrected chi connectivity index (χ0v) is 12.7. The van der Waals surface area contributed by atoms with Gasteiger partial charge >= 0.3 is 4.87 Å². The van der Waals surface area contributed by atoms with Gasteiger partial charge in [0.1, 0.15) is 0 Å². The average Bonchev–Trinajstić information content (AvgIpc) is 2.95. The van der Waals surface area contributed by atoms with Crippen LogP contribution in [0.25, 0.3) is 0 Å². The van der Waals surface area contributed by atoms with Crippen molar-refractivity contribution in [1.82, 2.24) is 9.29 Å². The summed E-state index contributed by atoms with van der Waals surface area (Å²) in [6, 6.07) is -0.218. The minimum absolute atomic E-state index is 0.0318. The third kappa shape index (κ3) is 2.94. The molecule has 0 aliphatic heterocycles. The van der Waals surface area contributed by atoms with Gasteiger partial charge in [-0.05, 0) is 19.8 Å². The maximum absolute atomic E-state index is 12.7. The molecule has 0 atom stereocenters. The average molecular weight is 319 g/mol. The Bertz CT molecular complexity index is 655. The molecule has 1 amide bonds. The van der Waals surface area contributed by atoms with Gasteiger partial charge in [-0.1, -0.05) is 24.2 Å². The van der Waals surface area contributed by atoms with Gasteiger partial charge in [-0.15, -0.1) is 0 Å². The Labute approximate surface area is 120 Å². The number of sulfonamides is 1. The highest BCUT2D eigenvalue weighted by molar-refractivity contribution is 7.91. The highest BCUT2D eigenvalue weighted by Gasteiger charge is 2.36. The molecule has 1 saturated carbocycles. The van der Waals surface area contributed by atoms with E-state index in [-0.39, 0.29) is 16.8 Å². The number of hydrogen-bond donors (Lipinski definition) is 2. The summed E-state index contributed by atoms with van der Waals surface area (Å²) in [7, 11) is -3.87. The fourth-order valence-electron chi connectivity index (χ4n) is 2.50. The lowest BCUT2D eigenvalue weighted by Gasteiger charge is -2.26. The lowest BCUT2D eigenvalue weighted by atomic mass is 10.2. The van der Waals surface area contributed by atoms with Crippen LogP contribution in [0.3, 0.4) is 0 Å². The minimum atomic E-state index is -3.87. The number of aromatic amines is 1. The Morgan fingerprint density at radius 3 is 2.50 bits per heavy atom. The second-order valence-corrected chi connectivity index (χ2v) is 7.95. The molecule has 1 aliphatic rings. The summed E-state index contributed by atoms with van der Waals surface area (Å²) in [6.07, 6.45) is 3.28. The summed E-state index contributed by atoms with van der Waals surface area (Å²) in [5.41, 5.74) is 5.47. The van der Waals surface area contributed by atoms with Crippen LogP contribution in [0.4, 0.5) is 0 Å². The zero-order chi connectivity index (χ0) is 14.9. The highest BCUT2D eigenvalue weighted by atomic mass is 32.2. The molecule has 1 aliphatic carbocycles. The van der Waals surface area contributed by atoms with E-state index < -0.39 is 20.8 Å². The third-order valence-electron chi connectivity index (χ3n) is 3.37. The van der Waals surface area contributed by atoms with Crippen LogP contribution < -0.4 is 10.6 Å². The van der Waals surface area contributed by atoms with E-state index in [1.165, 1.54) is 6.92 Å². The fourth-order valence-corrected chi connectivity index (χ4v) is 5.56. The van der Waals surface area contributed by atoms with Crippen molar-refractivity contribution in [3.63, 3.8) is 0 Å². The number of amides is 1. The molecule has 1 fully saturated rings. The summed E-state index contributed by atoms with van der Waals surface area (Å²) in [5.74, 6) is -0.694. The van der Waals surface area contributed by atoms with Gasteiger partial charge in [0.25, 0.3) is 10.0 Å². The largest absolute Gasteiger partial charge is 0.369 e. The van der Waals surface area contributed by atoms with E-state index in [0.717, 1.165) is 17.1 Å². The van der Waals surface area contributed by atoms with E-state index >= 15 is 0 Å². The molecule has 1 heterocycles. The van der Waals surface area contributed by atoms with E-state index in [0.29, 0.717) is 29.9 Å². The van der Waals surface area contributed by atoms with Crippen molar-refractivity contribution in [2.24, 2.45) is 5.73 Å². The standard InChI is InChI=1S/C11H17N3O4S2/c1-7-10(19-11(16)13-7)20(17,18)14(6-9(12)15)8-4-2-3-5-8/h8H,2-6H2,1H3,(H2,12,15)(H,13,16). The van der Waals surface area contributed by atoms with E-state index in [2.05, 4.69) is 4.98 Å². The number of carbonyl (C=O) groups is 1. The van der Waals surface area contributed by atoms with Crippen molar-refractivity contribution in [3.05, 3.63) is 15.4 Å². The Kier molecular flexibility index (Phi) is 4.31. The van der Waals surface area contributed by atoms with Crippen molar-refractivity contribution in [3.8, 4) is 0 Å². The first-order valence-electron chi connectivity index (χ1n) is 6.32. The monoisotopic (exact) mass is 319 g/mol. The van der Waals surface area contributed by atoms with Gasteiger partial charge in [-0.2, -0.15) is 4.31 Å². The number of aromatic nitrogens is 1. The number of carbonyl (C=O) groups excluding carboxylic acids is 1. The van der Waals surface area contributed by atoms with E-state index in [9.17, 15) is 18.0 Å². The maximum atomic E-state index is 12.7. The van der Waals surface area contributed by atoms with Gasteiger partial charge in [0.05, 0.1) is 6.54 Å². The van der Waals surface area contributed by atoms with Crippen molar-refractivity contribution in [1.29, 1.82) is 0 Å². The molecule has 7 nitrogen and oxygen atoms in total. The van der Waals surface area contributed by atoms with Crippen LogP contribution >= 0.6 is 11.3 Å². The van der Waals surface area contributed by atoms with Crippen LogP contribution in [0.5, 0.6) is 0 Å². The van der Waals surface area contributed by atoms with Crippen molar-refractivity contribution < 1.29 is 13.2 Å². The molecule has 112 valence electrons. The molecule has 0 unspecified atom stereocenters. The zero-order valence-electron chi connectivity index (χ0n) is 11.1. The number of H-pyrrole nitrogens is 1. The molecule has 1 aromatic rings. The van der Waals surface area contributed by atoms with Gasteiger partial charge in [0.2, 0.25) is 5.91 Å². The predicted octanol–water partition coefficient (Wildman–Crippen LogP) is 0.163. The molecule has 0 aromatic carbocycles. The summed E-state index contributed by atoms with van der Waals surface area (Å²) >= 11 is 0.643. The maximum Gasteiger partial charge on any atom is 0.305 e. The second kappa shape index (κ2) is 5.66. The van der Waals surface area contributed by atoms with Crippen LogP contribution in [0.1, 0.15) is 31.4 Å². The fraction of sp³-hybridized carbons (Fsp3) is 0.636. The van der Waals surface area contributed by atoms with Gasteiger partial charge in [-0.3, -0.25) is 9.59 Å². The third-order valence-corrected chi connectivity index (χ3v) is 6.85. The summed E-state index contributed by atoms with van der Waals surface area (Å²) in [4.78, 5) is 24.5. The van der Waals surface area contributed by atoms with Crippen LogP contribution in [0.15, 0.2) is 9.00 Å². The topological polar surface area (TPSA) is 113 Å². The highest BCUT2D eigenvalue weighted by Crippen LogP contribution is 2.30. The number of aryl methyl sites for hydroxylation is 1. The van der Waals surface area contributed by atoms with Crippen molar-refractivity contribution >= 4 is 27.3 Å². The lowest BCUT2D eigenvalue weighted by molar-refractivity contribution is -0.118. The number of primary amides is 1. The number of rotatable bonds is 5. The summed E-state index contributed by atoms with van der Waals surface area (Å²) in [5, 5.41) is 0. The molecule has 3 N–H and O–H groups in total. The summed E-state index contributed by atoms with van der Waals surface area (Å²) < 4.78 is 26.4. The predicted molar refractivity (Wildman–Crippen MR) is 75.0 cm³/mol. The lowest BCUT2D eigenvalue weighted by Crippen LogP contribution is -2.44. The molecule has 0 spiro atoms. The quantitative estimate of drug-likeness (QED) is 0.805. The molecule has 9 heteroatoms. The normalized spacial score (nSPS) is 16.9. The first-order chi connectivity index (χ1) is 9.32. The number of nitrogens with zero attached hydrogens (tertiary/aromatic N) is 1. The first kappa shape index (κ1) is 15.2. The van der Waals surface area contributed by atoms with Crippen LogP contribution in [-0.4, -0.2) is 36.2 Å². The van der Waals surface area contributed by atoms with Crippen LogP contribution in [0, 0.1) is 6.92 Å². The smallest absolute Gasteiger partial charge is 0.305 e. The van der Waals surface area contributed by atoms with Crippen molar-refractivity contribution in [2.45, 2.75) is 42.9 Å². The number of thiazole rings is 1. The molecule has 0 bridgehead atoms. The summed E-state index contributed by atoms with van der Waals surface area (Å²) in [6.45, 7) is 1.18. The van der Waals surface area contributed by atoms with E-state index in [1.807, 2.05) is 0 Å². The number of hydrogen-bond acceptors (Lipinski definition) is 5. The van der Waals surface area contributed by atoms with Gasteiger partial charge in [-0.25, -0.2) is 8.42 Å². The molecule has 0 radical (unpaired) electrons. The van der Waals surface area contributed by atoms with Crippen molar-refractivity contribution in [2.75, 3.05) is 6.54 Å². The SMILES string of the molecule is Cc1[nH]c(=O)sc1S(=O)(=O)N(CC(N)=O)C1CCCC1. The Morgan fingerprint density at radius 2 is 2.05 bits per heavy atom.